The maximum Gasteiger partial charge on any atom is 0.264 e. The summed E-state index contributed by atoms with van der Waals surface area (Å²) in [6.45, 7) is 2.00. The Hall–Kier alpha value is -3.59. The van der Waals surface area contributed by atoms with Crippen molar-refractivity contribution in [3.8, 4) is 22.8 Å². The van der Waals surface area contributed by atoms with Crippen LogP contribution in [0.1, 0.15) is 18.9 Å². The summed E-state index contributed by atoms with van der Waals surface area (Å²) in [5.74, 6) is 0.905. The predicted molar refractivity (Wildman–Crippen MR) is 130 cm³/mol. The second-order valence-corrected chi connectivity index (χ2v) is 8.50. The summed E-state index contributed by atoms with van der Waals surface area (Å²) in [5, 5.41) is 12.2. The minimum Gasteiger partial charge on any atom is -0.383 e. The Bertz CT molecular complexity index is 1210. The van der Waals surface area contributed by atoms with Gasteiger partial charge in [-0.2, -0.15) is 10.1 Å². The topological polar surface area (TPSA) is 112 Å². The van der Waals surface area contributed by atoms with E-state index in [2.05, 4.69) is 32.7 Å². The number of thioether (sulfide) groups is 1. The summed E-state index contributed by atoms with van der Waals surface area (Å²) in [6.07, 6.45) is 3.62. The number of nitrogens with zero attached hydrogens (tertiary/aromatic N) is 4. The molecule has 2 aromatic heterocycles. The molecule has 0 aliphatic heterocycles. The molecule has 1 amide bonds. The van der Waals surface area contributed by atoms with Gasteiger partial charge in [-0.25, -0.2) is 4.68 Å². The molecule has 4 aromatic rings. The third-order valence-corrected chi connectivity index (χ3v) is 5.91. The van der Waals surface area contributed by atoms with E-state index in [0.717, 1.165) is 18.4 Å². The zero-order valence-corrected chi connectivity index (χ0v) is 19.4. The molecule has 2 heterocycles. The average Bonchev–Trinajstić information content (AvgIpc) is 3.43. The number of nitrogen functional groups attached to an aromatic ring is 1. The monoisotopic (exact) mass is 462 g/mol. The van der Waals surface area contributed by atoms with Gasteiger partial charge in [-0.15, -0.1) is 11.8 Å². The maximum atomic E-state index is 12.6. The van der Waals surface area contributed by atoms with Crippen LogP contribution in [0.15, 0.2) is 70.2 Å². The van der Waals surface area contributed by atoms with E-state index in [-0.39, 0.29) is 24.4 Å². The minimum atomic E-state index is -0.153. The Labute approximate surface area is 196 Å². The molecule has 0 bridgehead atoms. The number of hydrogen-bond donors (Lipinski definition) is 2. The molecule has 0 saturated carbocycles. The molecule has 0 radical (unpaired) electrons. The zero-order valence-electron chi connectivity index (χ0n) is 18.6. The van der Waals surface area contributed by atoms with Crippen molar-refractivity contribution >= 4 is 23.5 Å². The molecule has 0 aliphatic carbocycles. The Kier molecular flexibility index (Phi) is 7.09. The number of anilines is 1. The van der Waals surface area contributed by atoms with Crippen LogP contribution in [0, 0.1) is 0 Å². The van der Waals surface area contributed by atoms with Crippen molar-refractivity contribution in [2.24, 2.45) is 0 Å². The fraction of sp³-hybridized carbons (Fsp3) is 0.250. The number of aryl methyl sites for hydroxylation is 1. The lowest BCUT2D eigenvalue weighted by Crippen LogP contribution is -2.35. The average molecular weight is 463 g/mol. The number of nitrogens with one attached hydrogen (secondary N) is 1. The van der Waals surface area contributed by atoms with Crippen LogP contribution in [0.3, 0.4) is 0 Å². The SMILES string of the molecule is CSc1nn(CC(=O)N[C@H](C)CCc2ccccc2)c(N)c1-c1nc(-c2ccccc2)no1. The van der Waals surface area contributed by atoms with Gasteiger partial charge in [-0.3, -0.25) is 4.79 Å². The quantitative estimate of drug-likeness (QED) is 0.361. The van der Waals surface area contributed by atoms with Gasteiger partial charge >= 0.3 is 0 Å². The van der Waals surface area contributed by atoms with E-state index in [9.17, 15) is 4.79 Å². The molecule has 0 spiro atoms. The number of benzene rings is 2. The van der Waals surface area contributed by atoms with Gasteiger partial charge < -0.3 is 15.6 Å². The van der Waals surface area contributed by atoms with E-state index in [1.165, 1.54) is 22.0 Å². The van der Waals surface area contributed by atoms with Crippen LogP contribution in [0.5, 0.6) is 0 Å². The molecule has 3 N–H and O–H groups in total. The van der Waals surface area contributed by atoms with Gasteiger partial charge in [0.25, 0.3) is 5.89 Å². The van der Waals surface area contributed by atoms with Crippen LogP contribution >= 0.6 is 11.8 Å². The van der Waals surface area contributed by atoms with E-state index in [0.29, 0.717) is 22.2 Å². The fourth-order valence-corrected chi connectivity index (χ4v) is 4.08. The number of rotatable bonds is 9. The summed E-state index contributed by atoms with van der Waals surface area (Å²) >= 11 is 1.41. The Balaban J connectivity index is 1.44. The van der Waals surface area contributed by atoms with E-state index in [1.807, 2.05) is 61.7 Å². The van der Waals surface area contributed by atoms with Crippen LogP contribution in [-0.4, -0.2) is 38.1 Å². The van der Waals surface area contributed by atoms with Crippen molar-refractivity contribution in [3.05, 3.63) is 66.2 Å². The molecule has 33 heavy (non-hydrogen) atoms. The van der Waals surface area contributed by atoms with Crippen molar-refractivity contribution in [2.75, 3.05) is 12.0 Å². The van der Waals surface area contributed by atoms with E-state index in [4.69, 9.17) is 10.3 Å². The number of aromatic nitrogens is 4. The van der Waals surface area contributed by atoms with Gasteiger partial charge in [0, 0.05) is 11.6 Å². The second-order valence-electron chi connectivity index (χ2n) is 7.71. The van der Waals surface area contributed by atoms with Crippen molar-refractivity contribution < 1.29 is 9.32 Å². The number of hydrogen-bond acceptors (Lipinski definition) is 7. The lowest BCUT2D eigenvalue weighted by molar-refractivity contribution is -0.122. The predicted octanol–water partition coefficient (Wildman–Crippen LogP) is 4.04. The highest BCUT2D eigenvalue weighted by Gasteiger charge is 2.24. The van der Waals surface area contributed by atoms with Gasteiger partial charge in [0.15, 0.2) is 0 Å². The molecular formula is C24H26N6O2S. The highest BCUT2D eigenvalue weighted by molar-refractivity contribution is 7.98. The number of amides is 1. The molecular weight excluding hydrogens is 436 g/mol. The van der Waals surface area contributed by atoms with Gasteiger partial charge in [0.05, 0.1) is 0 Å². The number of nitrogens with two attached hydrogens (primary N) is 1. The smallest absolute Gasteiger partial charge is 0.264 e. The van der Waals surface area contributed by atoms with Crippen LogP contribution in [-0.2, 0) is 17.8 Å². The fourth-order valence-electron chi connectivity index (χ4n) is 3.50. The maximum absolute atomic E-state index is 12.6. The van der Waals surface area contributed by atoms with E-state index in [1.54, 1.807) is 0 Å². The van der Waals surface area contributed by atoms with Crippen LogP contribution in [0.2, 0.25) is 0 Å². The third-order valence-electron chi connectivity index (χ3n) is 5.23. The van der Waals surface area contributed by atoms with Crippen LogP contribution in [0.4, 0.5) is 5.82 Å². The van der Waals surface area contributed by atoms with Crippen molar-refractivity contribution in [3.63, 3.8) is 0 Å². The molecule has 1 atom stereocenters. The van der Waals surface area contributed by atoms with Crippen molar-refractivity contribution in [1.82, 2.24) is 25.2 Å². The number of carbonyl (C=O) groups is 1. The first-order valence-corrected chi connectivity index (χ1v) is 11.9. The molecule has 0 aliphatic rings. The van der Waals surface area contributed by atoms with Crippen LogP contribution < -0.4 is 11.1 Å². The first-order chi connectivity index (χ1) is 16.0. The third kappa shape index (κ3) is 5.43. The molecule has 8 nitrogen and oxygen atoms in total. The summed E-state index contributed by atoms with van der Waals surface area (Å²) in [4.78, 5) is 17.1. The van der Waals surface area contributed by atoms with Crippen molar-refractivity contribution in [2.45, 2.75) is 37.4 Å². The number of carbonyl (C=O) groups excluding carboxylic acids is 1. The highest BCUT2D eigenvalue weighted by atomic mass is 32.2. The Morgan fingerprint density at radius 2 is 1.85 bits per heavy atom. The highest BCUT2D eigenvalue weighted by Crippen LogP contribution is 2.34. The molecule has 4 rings (SSSR count). The minimum absolute atomic E-state index is 0.00868. The van der Waals surface area contributed by atoms with Gasteiger partial charge in [0.1, 0.15) is 23.0 Å². The molecule has 170 valence electrons. The summed E-state index contributed by atoms with van der Waals surface area (Å²) in [6, 6.07) is 19.8. The Morgan fingerprint density at radius 3 is 2.55 bits per heavy atom. The standard InChI is InChI=1S/C24H26N6O2S/c1-16(13-14-17-9-5-3-6-10-17)26-19(31)15-30-21(25)20(24(28-30)33-2)23-27-22(29-32-23)18-11-7-4-8-12-18/h3-12,16H,13-15,25H2,1-2H3,(H,26,31)/t16-/m1/s1. The van der Waals surface area contributed by atoms with Crippen LogP contribution in [0.25, 0.3) is 22.8 Å². The molecule has 0 fully saturated rings. The normalized spacial score (nSPS) is 11.9. The summed E-state index contributed by atoms with van der Waals surface area (Å²) < 4.78 is 6.96. The van der Waals surface area contributed by atoms with Gasteiger partial charge in [0.2, 0.25) is 11.7 Å². The van der Waals surface area contributed by atoms with Crippen molar-refractivity contribution in [1.29, 1.82) is 0 Å². The molecule has 9 heteroatoms. The van der Waals surface area contributed by atoms with Gasteiger partial charge in [-0.1, -0.05) is 65.8 Å². The lowest BCUT2D eigenvalue weighted by Gasteiger charge is -2.14. The molecule has 0 unspecified atom stereocenters. The zero-order chi connectivity index (χ0) is 23.2. The molecule has 0 saturated heterocycles. The van der Waals surface area contributed by atoms with Gasteiger partial charge in [-0.05, 0) is 31.6 Å². The Morgan fingerprint density at radius 1 is 1.15 bits per heavy atom. The summed E-state index contributed by atoms with van der Waals surface area (Å²) in [5.41, 5.74) is 8.99. The summed E-state index contributed by atoms with van der Waals surface area (Å²) in [7, 11) is 0. The lowest BCUT2D eigenvalue weighted by atomic mass is 10.1. The van der Waals surface area contributed by atoms with E-state index < -0.39 is 0 Å². The molecule has 2 aromatic carbocycles. The first-order valence-electron chi connectivity index (χ1n) is 10.7. The van der Waals surface area contributed by atoms with E-state index >= 15 is 0 Å². The largest absolute Gasteiger partial charge is 0.383 e. The first kappa shape index (κ1) is 22.6. The second kappa shape index (κ2) is 10.4.